The number of fused-ring (bicyclic) bond motifs is 1. The molecule has 3 heterocycles. The number of likely N-dealkylation sites (tertiary alicyclic amines) is 1. The van der Waals surface area contributed by atoms with E-state index in [1.807, 2.05) is 0 Å². The summed E-state index contributed by atoms with van der Waals surface area (Å²) in [6.45, 7) is 2.86. The number of hydrogen-bond acceptors (Lipinski definition) is 6. The number of piperidine rings is 1. The lowest BCUT2D eigenvalue weighted by Crippen LogP contribution is -2.66. The van der Waals surface area contributed by atoms with Gasteiger partial charge in [0.1, 0.15) is 6.10 Å². The Labute approximate surface area is 189 Å². The van der Waals surface area contributed by atoms with E-state index < -0.39 is 17.7 Å². The predicted octanol–water partition coefficient (Wildman–Crippen LogP) is 4.22. The second-order valence-corrected chi connectivity index (χ2v) is 9.04. The molecular formula is C23H26F3N5O2. The fourth-order valence-electron chi connectivity index (χ4n) is 4.74. The standard InChI is InChI=1S/C23H26F3N5O2/c1-22(23(24,25)26)29-19-8-3-2-7-18(19)20(32)31(22)16-13-27-21(28-14-16)33-17-9-11-30(12-10-17)15-5-4-6-15/h2-3,7-8,13-15,17,29H,4-6,9-12H2,1H3. The molecule has 1 aromatic carbocycles. The maximum Gasteiger partial charge on any atom is 0.430 e. The first-order chi connectivity index (χ1) is 15.8. The van der Waals surface area contributed by atoms with Crippen LogP contribution in [0.2, 0.25) is 0 Å². The number of amides is 1. The third kappa shape index (κ3) is 3.90. The minimum atomic E-state index is -4.75. The molecule has 1 aliphatic carbocycles. The Hall–Kier alpha value is -2.88. The van der Waals surface area contributed by atoms with Gasteiger partial charge in [0.2, 0.25) is 5.66 Å². The first-order valence-corrected chi connectivity index (χ1v) is 11.3. The summed E-state index contributed by atoms with van der Waals surface area (Å²) in [5, 5.41) is 2.48. The van der Waals surface area contributed by atoms with Crippen molar-refractivity contribution in [2.24, 2.45) is 0 Å². The first-order valence-electron chi connectivity index (χ1n) is 11.3. The first kappa shape index (κ1) is 21.9. The van der Waals surface area contributed by atoms with Crippen molar-refractivity contribution in [1.29, 1.82) is 0 Å². The highest BCUT2D eigenvalue weighted by Crippen LogP contribution is 2.43. The molecule has 2 fully saturated rings. The quantitative estimate of drug-likeness (QED) is 0.735. The van der Waals surface area contributed by atoms with Gasteiger partial charge in [-0.05, 0) is 44.7 Å². The van der Waals surface area contributed by atoms with Crippen molar-refractivity contribution in [1.82, 2.24) is 14.9 Å². The van der Waals surface area contributed by atoms with Gasteiger partial charge >= 0.3 is 12.2 Å². The number of nitrogens with zero attached hydrogens (tertiary/aromatic N) is 4. The number of halogens is 3. The average Bonchev–Trinajstić information content (AvgIpc) is 2.74. The van der Waals surface area contributed by atoms with E-state index in [4.69, 9.17) is 4.74 Å². The van der Waals surface area contributed by atoms with E-state index >= 15 is 0 Å². The lowest BCUT2D eigenvalue weighted by atomic mass is 9.90. The van der Waals surface area contributed by atoms with Gasteiger partial charge in [-0.3, -0.25) is 9.69 Å². The molecule has 1 atom stereocenters. The van der Waals surface area contributed by atoms with Gasteiger partial charge in [0.05, 0.1) is 23.6 Å². The fourth-order valence-corrected chi connectivity index (χ4v) is 4.74. The largest absolute Gasteiger partial charge is 0.460 e. The van der Waals surface area contributed by atoms with E-state index in [2.05, 4.69) is 20.2 Å². The lowest BCUT2D eigenvalue weighted by Gasteiger charge is -2.46. The minimum absolute atomic E-state index is 0.0298. The molecule has 0 spiro atoms. The molecule has 1 N–H and O–H groups in total. The Balaban J connectivity index is 1.33. The number of carbonyl (C=O) groups is 1. The molecule has 10 heteroatoms. The van der Waals surface area contributed by atoms with Gasteiger partial charge in [-0.15, -0.1) is 0 Å². The summed E-state index contributed by atoms with van der Waals surface area (Å²) in [5.41, 5.74) is -2.43. The molecule has 1 unspecified atom stereocenters. The molecule has 0 radical (unpaired) electrons. The summed E-state index contributed by atoms with van der Waals surface area (Å²) in [6, 6.07) is 6.94. The zero-order valence-electron chi connectivity index (χ0n) is 18.3. The second kappa shape index (κ2) is 8.16. The van der Waals surface area contributed by atoms with Crippen LogP contribution in [0.3, 0.4) is 0 Å². The molecule has 1 aromatic heterocycles. The van der Waals surface area contributed by atoms with E-state index in [1.54, 1.807) is 12.1 Å². The number of nitrogens with one attached hydrogen (secondary N) is 1. The van der Waals surface area contributed by atoms with Crippen LogP contribution in [0.1, 0.15) is 49.4 Å². The normalized spacial score (nSPS) is 24.7. The Morgan fingerprint density at radius 2 is 1.76 bits per heavy atom. The maximum atomic E-state index is 14.1. The monoisotopic (exact) mass is 461 g/mol. The number of benzene rings is 1. The highest BCUT2D eigenvalue weighted by molar-refractivity contribution is 6.12. The predicted molar refractivity (Wildman–Crippen MR) is 116 cm³/mol. The molecule has 33 heavy (non-hydrogen) atoms. The number of anilines is 2. The average molecular weight is 461 g/mol. The van der Waals surface area contributed by atoms with Crippen LogP contribution in [-0.2, 0) is 0 Å². The van der Waals surface area contributed by atoms with Gasteiger partial charge in [0, 0.05) is 24.8 Å². The molecule has 1 saturated heterocycles. The molecule has 2 aliphatic heterocycles. The highest BCUT2D eigenvalue weighted by Gasteiger charge is 2.60. The number of aromatic nitrogens is 2. The molecule has 0 bridgehead atoms. The molecule has 2 aromatic rings. The smallest absolute Gasteiger partial charge is 0.430 e. The molecule has 3 aliphatic rings. The summed E-state index contributed by atoms with van der Waals surface area (Å²) >= 11 is 0. The SMILES string of the molecule is CC1(C(F)(F)F)Nc2ccccc2C(=O)N1c1cnc(OC2CCN(C3CCC3)CC2)nc1. The van der Waals surface area contributed by atoms with Crippen LogP contribution in [0.25, 0.3) is 0 Å². The van der Waals surface area contributed by atoms with Crippen LogP contribution in [0.4, 0.5) is 24.5 Å². The third-order valence-corrected chi connectivity index (χ3v) is 6.95. The van der Waals surface area contributed by atoms with E-state index in [0.717, 1.165) is 32.9 Å². The van der Waals surface area contributed by atoms with Gasteiger partial charge in [-0.2, -0.15) is 13.2 Å². The lowest BCUT2D eigenvalue weighted by molar-refractivity contribution is -0.172. The molecular weight excluding hydrogens is 435 g/mol. The van der Waals surface area contributed by atoms with E-state index in [0.29, 0.717) is 10.9 Å². The molecule has 7 nitrogen and oxygen atoms in total. The van der Waals surface area contributed by atoms with Gasteiger partial charge in [0.25, 0.3) is 5.91 Å². The Bertz CT molecular complexity index is 1020. The summed E-state index contributed by atoms with van der Waals surface area (Å²) in [6.07, 6.45) is 3.20. The molecule has 1 amide bonds. The van der Waals surface area contributed by atoms with Crippen molar-refractivity contribution in [3.8, 4) is 6.01 Å². The summed E-state index contributed by atoms with van der Waals surface area (Å²) in [4.78, 5) is 24.5. The number of hydrogen-bond donors (Lipinski definition) is 1. The van der Waals surface area contributed by atoms with Gasteiger partial charge in [-0.1, -0.05) is 18.6 Å². The molecule has 5 rings (SSSR count). The molecule has 176 valence electrons. The van der Waals surface area contributed by atoms with E-state index in [9.17, 15) is 18.0 Å². The minimum Gasteiger partial charge on any atom is -0.460 e. The van der Waals surface area contributed by atoms with Crippen LogP contribution in [-0.4, -0.2) is 57.8 Å². The summed E-state index contributed by atoms with van der Waals surface area (Å²) in [7, 11) is 0. The zero-order valence-corrected chi connectivity index (χ0v) is 18.3. The number of ether oxygens (including phenoxy) is 1. The van der Waals surface area contributed by atoms with Crippen molar-refractivity contribution in [2.45, 2.75) is 63.0 Å². The van der Waals surface area contributed by atoms with Crippen LogP contribution in [0.15, 0.2) is 36.7 Å². The topological polar surface area (TPSA) is 70.6 Å². The van der Waals surface area contributed by atoms with Crippen molar-refractivity contribution in [2.75, 3.05) is 23.3 Å². The number of para-hydroxylation sites is 1. The van der Waals surface area contributed by atoms with Crippen molar-refractivity contribution >= 4 is 17.3 Å². The fraction of sp³-hybridized carbons (Fsp3) is 0.522. The molecule has 1 saturated carbocycles. The third-order valence-electron chi connectivity index (χ3n) is 6.95. The number of carbonyl (C=O) groups excluding carboxylic acids is 1. The van der Waals surface area contributed by atoms with Gasteiger partial charge in [-0.25, -0.2) is 9.97 Å². The van der Waals surface area contributed by atoms with Gasteiger partial charge in [0.15, 0.2) is 0 Å². The van der Waals surface area contributed by atoms with Crippen LogP contribution < -0.4 is 15.0 Å². The van der Waals surface area contributed by atoms with Crippen LogP contribution >= 0.6 is 0 Å². The van der Waals surface area contributed by atoms with Crippen molar-refractivity contribution in [3.63, 3.8) is 0 Å². The summed E-state index contributed by atoms with van der Waals surface area (Å²) < 4.78 is 48.2. The van der Waals surface area contributed by atoms with Gasteiger partial charge < -0.3 is 15.0 Å². The van der Waals surface area contributed by atoms with Crippen molar-refractivity contribution in [3.05, 3.63) is 42.2 Å². The van der Waals surface area contributed by atoms with E-state index in [1.165, 1.54) is 43.8 Å². The number of alkyl halides is 3. The van der Waals surface area contributed by atoms with Crippen LogP contribution in [0.5, 0.6) is 6.01 Å². The Kier molecular flexibility index (Phi) is 5.43. The van der Waals surface area contributed by atoms with Crippen molar-refractivity contribution < 1.29 is 22.7 Å². The maximum absolute atomic E-state index is 14.1. The number of rotatable bonds is 4. The second-order valence-electron chi connectivity index (χ2n) is 9.04. The highest BCUT2D eigenvalue weighted by atomic mass is 19.4. The van der Waals surface area contributed by atoms with E-state index in [-0.39, 0.29) is 29.1 Å². The zero-order chi connectivity index (χ0) is 23.2. The van der Waals surface area contributed by atoms with Crippen LogP contribution in [0, 0.1) is 0 Å². The summed E-state index contributed by atoms with van der Waals surface area (Å²) in [5.74, 6) is -0.773. The Morgan fingerprint density at radius 1 is 1.09 bits per heavy atom. The Morgan fingerprint density at radius 3 is 2.36 bits per heavy atom.